The lowest BCUT2D eigenvalue weighted by molar-refractivity contribution is -0.121. The maximum atomic E-state index is 12.5. The van der Waals surface area contributed by atoms with E-state index in [-0.39, 0.29) is 11.8 Å². The third-order valence-corrected chi connectivity index (χ3v) is 4.44. The number of nitrogens with zero attached hydrogens (tertiary/aromatic N) is 4. The highest BCUT2D eigenvalue weighted by atomic mass is 16.3. The molecule has 7 nitrogen and oxygen atoms in total. The van der Waals surface area contributed by atoms with E-state index in [1.807, 2.05) is 31.3 Å². The van der Waals surface area contributed by atoms with Crippen LogP contribution in [0.25, 0.3) is 0 Å². The summed E-state index contributed by atoms with van der Waals surface area (Å²) in [6.07, 6.45) is 4.86. The minimum atomic E-state index is -0.500. The van der Waals surface area contributed by atoms with E-state index in [1.54, 1.807) is 16.9 Å². The summed E-state index contributed by atoms with van der Waals surface area (Å²) in [7, 11) is 0. The Hall–Kier alpha value is -2.25. The fraction of sp³-hybridized carbons (Fsp3) is 0.500. The predicted octanol–water partition coefficient (Wildman–Crippen LogP) is 1.30. The zero-order valence-electron chi connectivity index (χ0n) is 14.5. The number of nitrogens with one attached hydrogen (secondary N) is 1. The topological polar surface area (TPSA) is 83.3 Å². The van der Waals surface area contributed by atoms with E-state index < -0.39 is 6.10 Å². The van der Waals surface area contributed by atoms with Crippen LogP contribution >= 0.6 is 0 Å². The van der Waals surface area contributed by atoms with Gasteiger partial charge in [0, 0.05) is 31.2 Å². The first-order valence-corrected chi connectivity index (χ1v) is 8.72. The molecule has 2 aromatic heterocycles. The Morgan fingerprint density at radius 3 is 3.04 bits per heavy atom. The van der Waals surface area contributed by atoms with Crippen LogP contribution in [0.4, 0.5) is 5.82 Å². The van der Waals surface area contributed by atoms with Gasteiger partial charge in [0.2, 0.25) is 5.91 Å². The Morgan fingerprint density at radius 1 is 1.40 bits per heavy atom. The Morgan fingerprint density at radius 2 is 2.28 bits per heavy atom. The van der Waals surface area contributed by atoms with E-state index in [2.05, 4.69) is 20.3 Å². The Bertz CT molecular complexity index is 689. The van der Waals surface area contributed by atoms with Gasteiger partial charge in [-0.2, -0.15) is 5.10 Å². The van der Waals surface area contributed by atoms with Crippen LogP contribution in [0.15, 0.2) is 36.7 Å². The van der Waals surface area contributed by atoms with Gasteiger partial charge in [-0.3, -0.25) is 14.4 Å². The second kappa shape index (κ2) is 8.22. The van der Waals surface area contributed by atoms with E-state index in [0.717, 1.165) is 25.1 Å². The molecule has 2 N–H and O–H groups in total. The number of β-amino-alcohol motifs (C(OH)–C–C–N with tert-alkyl or cyclic N) is 1. The molecule has 7 heteroatoms. The summed E-state index contributed by atoms with van der Waals surface area (Å²) in [5, 5.41) is 17.3. The summed E-state index contributed by atoms with van der Waals surface area (Å²) >= 11 is 0. The van der Waals surface area contributed by atoms with E-state index >= 15 is 0 Å². The largest absolute Gasteiger partial charge is 0.390 e. The third kappa shape index (κ3) is 5.11. The van der Waals surface area contributed by atoms with Crippen molar-refractivity contribution in [3.63, 3.8) is 0 Å². The number of rotatable bonds is 6. The molecule has 3 rings (SSSR count). The molecule has 0 aromatic carbocycles. The van der Waals surface area contributed by atoms with Crippen molar-refractivity contribution in [1.82, 2.24) is 19.7 Å². The second-order valence-electron chi connectivity index (χ2n) is 6.63. The van der Waals surface area contributed by atoms with Crippen molar-refractivity contribution in [3.05, 3.63) is 42.4 Å². The summed E-state index contributed by atoms with van der Waals surface area (Å²) < 4.78 is 1.72. The van der Waals surface area contributed by atoms with Crippen molar-refractivity contribution in [3.8, 4) is 0 Å². The molecule has 1 fully saturated rings. The number of hydrogen-bond acceptors (Lipinski definition) is 5. The molecule has 0 unspecified atom stereocenters. The normalized spacial score (nSPS) is 19.5. The number of amides is 1. The van der Waals surface area contributed by atoms with Crippen LogP contribution < -0.4 is 5.32 Å². The third-order valence-electron chi connectivity index (χ3n) is 4.44. The minimum absolute atomic E-state index is 0.00404. The first kappa shape index (κ1) is 17.6. The molecule has 0 saturated carbocycles. The molecule has 1 aliphatic heterocycles. The van der Waals surface area contributed by atoms with Crippen LogP contribution in [-0.4, -0.2) is 56.4 Å². The van der Waals surface area contributed by atoms with Gasteiger partial charge in [-0.25, -0.2) is 4.98 Å². The van der Waals surface area contributed by atoms with Gasteiger partial charge in [0.1, 0.15) is 5.82 Å². The number of carbonyl (C=O) groups is 1. The summed E-state index contributed by atoms with van der Waals surface area (Å²) in [4.78, 5) is 19.0. The highest BCUT2D eigenvalue weighted by molar-refractivity contribution is 5.91. The first-order chi connectivity index (χ1) is 12.1. The molecular weight excluding hydrogens is 318 g/mol. The number of aromatic nitrogens is 3. The van der Waals surface area contributed by atoms with Crippen LogP contribution in [0, 0.1) is 12.8 Å². The van der Waals surface area contributed by atoms with Crippen LogP contribution in [0.1, 0.15) is 18.5 Å². The van der Waals surface area contributed by atoms with Gasteiger partial charge in [0.15, 0.2) is 0 Å². The summed E-state index contributed by atoms with van der Waals surface area (Å²) in [5.74, 6) is 0.526. The Kier molecular flexibility index (Phi) is 5.78. The van der Waals surface area contributed by atoms with Crippen molar-refractivity contribution >= 4 is 11.7 Å². The molecule has 25 heavy (non-hydrogen) atoms. The molecule has 1 saturated heterocycles. The number of pyridine rings is 1. The Balaban J connectivity index is 1.50. The molecule has 0 aliphatic carbocycles. The maximum absolute atomic E-state index is 12.5. The summed E-state index contributed by atoms with van der Waals surface area (Å²) in [5.41, 5.74) is 0.879. The van der Waals surface area contributed by atoms with E-state index in [9.17, 15) is 9.90 Å². The van der Waals surface area contributed by atoms with Gasteiger partial charge >= 0.3 is 0 Å². The van der Waals surface area contributed by atoms with Crippen molar-refractivity contribution in [2.75, 3.05) is 25.0 Å². The van der Waals surface area contributed by atoms with Gasteiger partial charge in [-0.05, 0) is 44.5 Å². The Labute approximate surface area is 147 Å². The average molecular weight is 343 g/mol. The van der Waals surface area contributed by atoms with Gasteiger partial charge in [0.05, 0.1) is 18.6 Å². The zero-order chi connectivity index (χ0) is 17.6. The van der Waals surface area contributed by atoms with Crippen molar-refractivity contribution in [2.45, 2.75) is 32.4 Å². The highest BCUT2D eigenvalue weighted by Gasteiger charge is 2.27. The molecule has 0 bridgehead atoms. The van der Waals surface area contributed by atoms with Crippen LogP contribution in [0.2, 0.25) is 0 Å². The smallest absolute Gasteiger partial charge is 0.229 e. The van der Waals surface area contributed by atoms with Crippen LogP contribution in [0.5, 0.6) is 0 Å². The summed E-state index contributed by atoms with van der Waals surface area (Å²) in [6.45, 7) is 4.48. The molecule has 134 valence electrons. The number of piperidine rings is 1. The van der Waals surface area contributed by atoms with Crippen molar-refractivity contribution in [1.29, 1.82) is 0 Å². The molecular formula is C18H25N5O2. The van der Waals surface area contributed by atoms with Crippen molar-refractivity contribution < 1.29 is 9.90 Å². The number of aryl methyl sites for hydroxylation is 1. The number of anilines is 1. The van der Waals surface area contributed by atoms with Gasteiger partial charge in [-0.15, -0.1) is 0 Å². The lowest BCUT2D eigenvalue weighted by atomic mass is 9.97. The molecule has 1 aliphatic rings. The SMILES string of the molecule is Cc1cccc(NC(=O)[C@@H]2CCCN(C[C@@H](O)Cn3cccn3)C2)n1. The number of aliphatic hydroxyl groups is 1. The highest BCUT2D eigenvalue weighted by Crippen LogP contribution is 2.19. The maximum Gasteiger partial charge on any atom is 0.229 e. The number of aliphatic hydroxyl groups excluding tert-OH is 1. The number of likely N-dealkylation sites (tertiary alicyclic amines) is 1. The molecule has 0 radical (unpaired) electrons. The molecule has 3 heterocycles. The van der Waals surface area contributed by atoms with E-state index in [1.165, 1.54) is 0 Å². The monoisotopic (exact) mass is 343 g/mol. The van der Waals surface area contributed by atoms with Crippen LogP contribution in [0.3, 0.4) is 0 Å². The van der Waals surface area contributed by atoms with E-state index in [0.29, 0.717) is 25.5 Å². The lowest BCUT2D eigenvalue weighted by Crippen LogP contribution is -2.44. The standard InChI is InChI=1S/C18H25N5O2/c1-14-5-2-7-17(20-14)21-18(25)15-6-3-9-22(11-15)12-16(24)13-23-10-4-8-19-23/h2,4-5,7-8,10,15-16,24H,3,6,9,11-13H2,1H3,(H,20,21,25)/t15-,16-/m1/s1. The fourth-order valence-electron chi connectivity index (χ4n) is 3.26. The number of hydrogen-bond donors (Lipinski definition) is 2. The fourth-order valence-corrected chi connectivity index (χ4v) is 3.26. The average Bonchev–Trinajstić information content (AvgIpc) is 3.08. The lowest BCUT2D eigenvalue weighted by Gasteiger charge is -2.33. The number of carbonyl (C=O) groups excluding carboxylic acids is 1. The van der Waals surface area contributed by atoms with Crippen LogP contribution in [-0.2, 0) is 11.3 Å². The molecule has 1 amide bonds. The van der Waals surface area contributed by atoms with Gasteiger partial charge in [0.25, 0.3) is 0 Å². The molecule has 2 aromatic rings. The quantitative estimate of drug-likeness (QED) is 0.826. The minimum Gasteiger partial charge on any atom is -0.390 e. The zero-order valence-corrected chi connectivity index (χ0v) is 14.5. The first-order valence-electron chi connectivity index (χ1n) is 8.72. The molecule has 0 spiro atoms. The van der Waals surface area contributed by atoms with Crippen molar-refractivity contribution in [2.24, 2.45) is 5.92 Å². The van der Waals surface area contributed by atoms with Gasteiger partial charge < -0.3 is 10.4 Å². The molecule has 2 atom stereocenters. The second-order valence-corrected chi connectivity index (χ2v) is 6.63. The van der Waals surface area contributed by atoms with Gasteiger partial charge in [-0.1, -0.05) is 6.07 Å². The van der Waals surface area contributed by atoms with E-state index in [4.69, 9.17) is 0 Å². The predicted molar refractivity (Wildman–Crippen MR) is 95.0 cm³/mol. The summed E-state index contributed by atoms with van der Waals surface area (Å²) in [6, 6.07) is 7.43.